The average Bonchev–Trinajstić information content (AvgIpc) is 2.56. The Morgan fingerprint density at radius 3 is 2.18 bits per heavy atom. The van der Waals surface area contributed by atoms with Crippen LogP contribution in [0.3, 0.4) is 0 Å². The van der Waals surface area contributed by atoms with Gasteiger partial charge in [0.05, 0.1) is 0 Å². The Bertz CT molecular complexity index is 578. The molecule has 2 aromatic rings. The van der Waals surface area contributed by atoms with E-state index < -0.39 is 0 Å². The molecule has 0 saturated carbocycles. The number of anilines is 3. The zero-order valence-electron chi connectivity index (χ0n) is 13.4. The molecule has 0 fully saturated rings. The minimum absolute atomic E-state index is 0.0880. The number of nitrogens with zero attached hydrogens (tertiary/aromatic N) is 1. The maximum absolute atomic E-state index is 11.7. The lowest BCUT2D eigenvalue weighted by Gasteiger charge is -2.23. The summed E-state index contributed by atoms with van der Waals surface area (Å²) >= 11 is 0. The Morgan fingerprint density at radius 2 is 1.59 bits per heavy atom. The summed E-state index contributed by atoms with van der Waals surface area (Å²) in [5.41, 5.74) is 3.15. The van der Waals surface area contributed by atoms with Crippen LogP contribution in [0.2, 0.25) is 0 Å². The van der Waals surface area contributed by atoms with Crippen molar-refractivity contribution in [1.82, 2.24) is 0 Å². The first-order valence-corrected chi connectivity index (χ1v) is 7.97. The lowest BCUT2D eigenvalue weighted by molar-refractivity contribution is -0.116. The van der Waals surface area contributed by atoms with Crippen LogP contribution in [0, 0.1) is 0 Å². The summed E-state index contributed by atoms with van der Waals surface area (Å²) in [5.74, 6) is 0.0880. The van der Waals surface area contributed by atoms with Gasteiger partial charge < -0.3 is 10.2 Å². The first kappa shape index (κ1) is 16.1. The van der Waals surface area contributed by atoms with Gasteiger partial charge in [-0.15, -0.1) is 0 Å². The van der Waals surface area contributed by atoms with Gasteiger partial charge in [0.2, 0.25) is 5.91 Å². The molecule has 0 aliphatic heterocycles. The molecule has 3 heteroatoms. The topological polar surface area (TPSA) is 32.3 Å². The number of amides is 1. The SMILES string of the molecule is CCCCC(=O)Nc1ccc(N(CC)c2ccccc2)cc1. The van der Waals surface area contributed by atoms with E-state index in [1.807, 2.05) is 42.5 Å². The van der Waals surface area contributed by atoms with Gasteiger partial charge in [0.25, 0.3) is 0 Å². The van der Waals surface area contributed by atoms with Gasteiger partial charge in [-0.1, -0.05) is 31.5 Å². The summed E-state index contributed by atoms with van der Waals surface area (Å²) in [6, 6.07) is 18.3. The Kier molecular flexibility index (Phi) is 6.01. The van der Waals surface area contributed by atoms with Crippen molar-refractivity contribution < 1.29 is 4.79 Å². The average molecular weight is 296 g/mol. The summed E-state index contributed by atoms with van der Waals surface area (Å²) < 4.78 is 0. The second-order valence-electron chi connectivity index (χ2n) is 5.28. The molecule has 0 saturated heterocycles. The van der Waals surface area contributed by atoms with Crippen molar-refractivity contribution in [3.05, 3.63) is 54.6 Å². The molecule has 1 amide bonds. The highest BCUT2D eigenvalue weighted by Gasteiger charge is 2.07. The number of nitrogens with one attached hydrogen (secondary N) is 1. The Balaban J connectivity index is 2.06. The van der Waals surface area contributed by atoms with E-state index >= 15 is 0 Å². The van der Waals surface area contributed by atoms with Crippen molar-refractivity contribution in [2.24, 2.45) is 0 Å². The molecule has 116 valence electrons. The van der Waals surface area contributed by atoms with Crippen LogP contribution >= 0.6 is 0 Å². The van der Waals surface area contributed by atoms with Gasteiger partial charge in [-0.3, -0.25) is 4.79 Å². The third-order valence-corrected chi connectivity index (χ3v) is 3.60. The number of hydrogen-bond acceptors (Lipinski definition) is 2. The molecule has 2 aromatic carbocycles. The number of carbonyl (C=O) groups is 1. The third-order valence-electron chi connectivity index (χ3n) is 3.60. The molecule has 0 aliphatic carbocycles. The van der Waals surface area contributed by atoms with Crippen LogP contribution in [0.4, 0.5) is 17.1 Å². The van der Waals surface area contributed by atoms with E-state index in [1.165, 1.54) is 5.69 Å². The highest BCUT2D eigenvalue weighted by Crippen LogP contribution is 2.26. The van der Waals surface area contributed by atoms with Gasteiger partial charge in [0, 0.05) is 30.0 Å². The zero-order chi connectivity index (χ0) is 15.8. The standard InChI is InChI=1S/C19H24N2O/c1-3-5-11-19(22)20-16-12-14-18(15-13-16)21(4-2)17-9-7-6-8-10-17/h6-10,12-15H,3-5,11H2,1-2H3,(H,20,22). The van der Waals surface area contributed by atoms with E-state index in [4.69, 9.17) is 0 Å². The number of carbonyl (C=O) groups excluding carboxylic acids is 1. The molecular formula is C19H24N2O. The Morgan fingerprint density at radius 1 is 0.955 bits per heavy atom. The van der Waals surface area contributed by atoms with Crippen molar-refractivity contribution in [1.29, 1.82) is 0 Å². The second kappa shape index (κ2) is 8.23. The first-order chi connectivity index (χ1) is 10.7. The number of hydrogen-bond donors (Lipinski definition) is 1. The summed E-state index contributed by atoms with van der Waals surface area (Å²) in [6.07, 6.45) is 2.56. The molecule has 1 N–H and O–H groups in total. The minimum Gasteiger partial charge on any atom is -0.342 e. The van der Waals surface area contributed by atoms with Gasteiger partial charge in [0.1, 0.15) is 0 Å². The molecule has 2 rings (SSSR count). The third kappa shape index (κ3) is 4.35. The van der Waals surface area contributed by atoms with Crippen molar-refractivity contribution >= 4 is 23.0 Å². The highest BCUT2D eigenvalue weighted by molar-refractivity contribution is 5.90. The van der Waals surface area contributed by atoms with Gasteiger partial charge >= 0.3 is 0 Å². The van der Waals surface area contributed by atoms with Gasteiger partial charge in [-0.2, -0.15) is 0 Å². The monoisotopic (exact) mass is 296 g/mol. The predicted octanol–water partition coefficient (Wildman–Crippen LogP) is 4.97. The molecule has 0 radical (unpaired) electrons. The minimum atomic E-state index is 0.0880. The smallest absolute Gasteiger partial charge is 0.224 e. The van der Waals surface area contributed by atoms with E-state index in [9.17, 15) is 4.79 Å². The molecule has 0 spiro atoms. The maximum Gasteiger partial charge on any atom is 0.224 e. The van der Waals surface area contributed by atoms with Crippen molar-refractivity contribution in [2.45, 2.75) is 33.1 Å². The number of unbranched alkanes of at least 4 members (excludes halogenated alkanes) is 1. The largest absolute Gasteiger partial charge is 0.342 e. The normalized spacial score (nSPS) is 10.3. The summed E-state index contributed by atoms with van der Waals surface area (Å²) in [6.45, 7) is 5.12. The molecule has 0 unspecified atom stereocenters. The second-order valence-corrected chi connectivity index (χ2v) is 5.28. The Labute approximate surface area is 133 Å². The summed E-state index contributed by atoms with van der Waals surface area (Å²) in [5, 5.41) is 2.94. The molecule has 0 aromatic heterocycles. The summed E-state index contributed by atoms with van der Waals surface area (Å²) in [4.78, 5) is 14.0. The van der Waals surface area contributed by atoms with Gasteiger partial charge in [-0.05, 0) is 49.7 Å². The molecule has 0 heterocycles. The molecular weight excluding hydrogens is 272 g/mol. The molecule has 0 atom stereocenters. The van der Waals surface area contributed by atoms with Gasteiger partial charge in [0.15, 0.2) is 0 Å². The van der Waals surface area contributed by atoms with Crippen LogP contribution in [0.15, 0.2) is 54.6 Å². The van der Waals surface area contributed by atoms with Crippen LogP contribution in [-0.4, -0.2) is 12.5 Å². The summed E-state index contributed by atoms with van der Waals surface area (Å²) in [7, 11) is 0. The maximum atomic E-state index is 11.7. The molecule has 0 bridgehead atoms. The van der Waals surface area contributed by atoms with Crippen LogP contribution in [-0.2, 0) is 4.79 Å². The lowest BCUT2D eigenvalue weighted by Crippen LogP contribution is -2.16. The van der Waals surface area contributed by atoms with Crippen molar-refractivity contribution in [3.8, 4) is 0 Å². The van der Waals surface area contributed by atoms with E-state index in [0.29, 0.717) is 6.42 Å². The molecule has 22 heavy (non-hydrogen) atoms. The van der Waals surface area contributed by atoms with Crippen molar-refractivity contribution in [2.75, 3.05) is 16.8 Å². The Hall–Kier alpha value is -2.29. The van der Waals surface area contributed by atoms with E-state index in [-0.39, 0.29) is 5.91 Å². The quantitative estimate of drug-likeness (QED) is 0.782. The van der Waals surface area contributed by atoms with E-state index in [1.54, 1.807) is 0 Å². The molecule has 3 nitrogen and oxygen atoms in total. The number of para-hydroxylation sites is 1. The first-order valence-electron chi connectivity index (χ1n) is 7.97. The van der Waals surface area contributed by atoms with Crippen LogP contribution in [0.25, 0.3) is 0 Å². The fraction of sp³-hybridized carbons (Fsp3) is 0.316. The van der Waals surface area contributed by atoms with Gasteiger partial charge in [-0.25, -0.2) is 0 Å². The van der Waals surface area contributed by atoms with Crippen LogP contribution in [0.5, 0.6) is 0 Å². The number of benzene rings is 2. The lowest BCUT2D eigenvalue weighted by atomic mass is 10.2. The molecule has 0 aliphatic rings. The number of rotatable bonds is 7. The van der Waals surface area contributed by atoms with Crippen molar-refractivity contribution in [3.63, 3.8) is 0 Å². The predicted molar refractivity (Wildman–Crippen MR) is 93.7 cm³/mol. The van der Waals surface area contributed by atoms with Crippen LogP contribution < -0.4 is 10.2 Å². The van der Waals surface area contributed by atoms with E-state index in [2.05, 4.69) is 36.2 Å². The fourth-order valence-corrected chi connectivity index (χ4v) is 2.41. The fourth-order valence-electron chi connectivity index (χ4n) is 2.41. The highest BCUT2D eigenvalue weighted by atomic mass is 16.1. The van der Waals surface area contributed by atoms with Crippen LogP contribution in [0.1, 0.15) is 33.1 Å². The zero-order valence-corrected chi connectivity index (χ0v) is 13.4. The van der Waals surface area contributed by atoms with E-state index in [0.717, 1.165) is 30.8 Å².